The molecule has 1 saturated heterocycles. The Morgan fingerprint density at radius 3 is 2.48 bits per heavy atom. The molecule has 0 radical (unpaired) electrons. The van der Waals surface area contributed by atoms with Crippen LogP contribution in [0.15, 0.2) is 23.1 Å². The highest BCUT2D eigenvalue weighted by Crippen LogP contribution is 2.23. The lowest BCUT2D eigenvalue weighted by molar-refractivity contribution is 0.162. The van der Waals surface area contributed by atoms with Crippen LogP contribution in [0.5, 0.6) is 0 Å². The van der Waals surface area contributed by atoms with E-state index in [1.54, 1.807) is 0 Å². The summed E-state index contributed by atoms with van der Waals surface area (Å²) < 4.78 is 40.4. The molecule has 2 aliphatic rings. The topological polar surface area (TPSA) is 78.5 Å². The number of halogens is 2. The molecule has 6 nitrogen and oxygen atoms in total. The number of carbonyl (C=O) groups is 1. The number of benzene rings is 1. The Kier molecular flexibility index (Phi) is 7.76. The van der Waals surface area contributed by atoms with E-state index in [-0.39, 0.29) is 15.9 Å². The van der Waals surface area contributed by atoms with Crippen molar-refractivity contribution in [3.05, 3.63) is 29.0 Å². The summed E-state index contributed by atoms with van der Waals surface area (Å²) in [6.07, 6.45) is 8.20. The van der Waals surface area contributed by atoms with E-state index >= 15 is 0 Å². The molecule has 2 fully saturated rings. The molecule has 1 saturated carbocycles. The Balaban J connectivity index is 1.39. The van der Waals surface area contributed by atoms with Crippen molar-refractivity contribution in [2.24, 2.45) is 5.92 Å². The smallest absolute Gasteiger partial charge is 0.317 e. The van der Waals surface area contributed by atoms with Crippen LogP contribution in [0.1, 0.15) is 51.4 Å². The van der Waals surface area contributed by atoms with E-state index in [1.807, 2.05) is 4.90 Å². The van der Waals surface area contributed by atoms with Gasteiger partial charge in [0.25, 0.3) is 0 Å². The van der Waals surface area contributed by atoms with Gasteiger partial charge in [-0.1, -0.05) is 30.9 Å². The Morgan fingerprint density at radius 1 is 1.14 bits per heavy atom. The number of hydrogen-bond acceptors (Lipinski definition) is 3. The zero-order chi connectivity index (χ0) is 20.9. The van der Waals surface area contributed by atoms with E-state index in [0.29, 0.717) is 38.0 Å². The molecular formula is C20H29ClFN3O3S. The predicted molar refractivity (Wildman–Crippen MR) is 111 cm³/mol. The van der Waals surface area contributed by atoms with Crippen LogP contribution in [0.25, 0.3) is 0 Å². The van der Waals surface area contributed by atoms with Gasteiger partial charge in [0.05, 0.1) is 9.92 Å². The number of nitrogens with zero attached hydrogens (tertiary/aromatic N) is 1. The highest BCUT2D eigenvalue weighted by atomic mass is 35.5. The van der Waals surface area contributed by atoms with E-state index in [4.69, 9.17) is 11.6 Å². The summed E-state index contributed by atoms with van der Waals surface area (Å²) in [4.78, 5) is 14.2. The van der Waals surface area contributed by atoms with Crippen molar-refractivity contribution in [3.8, 4) is 0 Å². The summed E-state index contributed by atoms with van der Waals surface area (Å²) in [6.45, 7) is 1.70. The molecular weight excluding hydrogens is 417 g/mol. The second-order valence-electron chi connectivity index (χ2n) is 7.98. The summed E-state index contributed by atoms with van der Waals surface area (Å²) in [7, 11) is -3.72. The molecule has 0 spiro atoms. The lowest BCUT2D eigenvalue weighted by Crippen LogP contribution is -2.48. The Bertz CT molecular complexity index is 807. The lowest BCUT2D eigenvalue weighted by Gasteiger charge is -2.34. The number of carbonyl (C=O) groups excluding carboxylic acids is 1. The van der Waals surface area contributed by atoms with Crippen molar-refractivity contribution in [1.29, 1.82) is 0 Å². The second-order valence-corrected chi connectivity index (χ2v) is 10.2. The molecule has 2 N–H and O–H groups in total. The van der Waals surface area contributed by atoms with Gasteiger partial charge in [0.1, 0.15) is 5.82 Å². The number of nitrogens with one attached hydrogen (secondary N) is 2. The molecule has 1 heterocycles. The second kappa shape index (κ2) is 10.1. The van der Waals surface area contributed by atoms with Gasteiger partial charge in [-0.2, -0.15) is 0 Å². The number of piperidine rings is 1. The van der Waals surface area contributed by atoms with Crippen molar-refractivity contribution < 1.29 is 17.6 Å². The fourth-order valence-corrected chi connectivity index (χ4v) is 5.38. The van der Waals surface area contributed by atoms with Gasteiger partial charge < -0.3 is 10.2 Å². The molecule has 2 amide bonds. The van der Waals surface area contributed by atoms with Gasteiger partial charge in [-0.05, 0) is 56.2 Å². The molecule has 9 heteroatoms. The Morgan fingerprint density at radius 2 is 1.83 bits per heavy atom. The molecule has 1 aromatic carbocycles. The van der Waals surface area contributed by atoms with Crippen LogP contribution in [0.3, 0.4) is 0 Å². The van der Waals surface area contributed by atoms with Crippen molar-refractivity contribution >= 4 is 27.7 Å². The van der Waals surface area contributed by atoms with Crippen LogP contribution in [0, 0.1) is 11.7 Å². The van der Waals surface area contributed by atoms with Gasteiger partial charge in [0.15, 0.2) is 0 Å². The van der Waals surface area contributed by atoms with Gasteiger partial charge in [-0.25, -0.2) is 22.3 Å². The third-order valence-electron chi connectivity index (χ3n) is 5.88. The summed E-state index contributed by atoms with van der Waals surface area (Å²) in [5.41, 5.74) is 0. The van der Waals surface area contributed by atoms with Crippen LogP contribution in [-0.4, -0.2) is 45.0 Å². The molecule has 1 aliphatic heterocycles. The maximum Gasteiger partial charge on any atom is 0.317 e. The Labute approximate surface area is 177 Å². The number of urea groups is 1. The summed E-state index contributed by atoms with van der Waals surface area (Å²) in [5, 5.41) is 2.94. The van der Waals surface area contributed by atoms with E-state index < -0.39 is 15.8 Å². The molecule has 162 valence electrons. The summed E-state index contributed by atoms with van der Waals surface area (Å²) >= 11 is 5.67. The SMILES string of the molecule is O=C(NC1CCCCC1)N1CCC(CCNS(=O)(=O)c2ccc(F)c(Cl)c2)CC1. The molecule has 3 rings (SSSR count). The fourth-order valence-electron chi connectivity index (χ4n) is 4.06. The maximum atomic E-state index is 13.2. The minimum Gasteiger partial charge on any atom is -0.335 e. The summed E-state index contributed by atoms with van der Waals surface area (Å²) in [5.74, 6) is -0.280. The first-order valence-electron chi connectivity index (χ1n) is 10.4. The zero-order valence-electron chi connectivity index (χ0n) is 16.5. The first kappa shape index (κ1) is 22.3. The molecule has 0 atom stereocenters. The van der Waals surface area contributed by atoms with E-state index in [1.165, 1.54) is 25.3 Å². The third-order valence-corrected chi connectivity index (χ3v) is 7.63. The normalized spacial score (nSPS) is 19.3. The van der Waals surface area contributed by atoms with Crippen molar-refractivity contribution in [2.45, 2.75) is 62.3 Å². The van der Waals surface area contributed by atoms with Gasteiger partial charge >= 0.3 is 6.03 Å². The van der Waals surface area contributed by atoms with E-state index in [0.717, 1.165) is 37.8 Å². The summed E-state index contributed by atoms with van der Waals surface area (Å²) in [6, 6.07) is 3.70. The van der Waals surface area contributed by atoms with E-state index in [2.05, 4.69) is 10.0 Å². The monoisotopic (exact) mass is 445 g/mol. The van der Waals surface area contributed by atoms with Crippen LogP contribution in [0.4, 0.5) is 9.18 Å². The molecule has 1 aromatic rings. The number of sulfonamides is 1. The van der Waals surface area contributed by atoms with Gasteiger partial charge in [-0.3, -0.25) is 0 Å². The van der Waals surface area contributed by atoms with Gasteiger partial charge in [0, 0.05) is 25.7 Å². The van der Waals surface area contributed by atoms with Crippen molar-refractivity contribution in [1.82, 2.24) is 14.9 Å². The third kappa shape index (κ3) is 6.30. The standard InChI is InChI=1S/C20H29ClFN3O3S/c21-18-14-17(6-7-19(18)22)29(27,28)23-11-8-15-9-12-25(13-10-15)20(26)24-16-4-2-1-3-5-16/h6-7,14-16,23H,1-5,8-13H2,(H,24,26). The molecule has 0 unspecified atom stereocenters. The van der Waals surface area contributed by atoms with Gasteiger partial charge in [-0.15, -0.1) is 0 Å². The average molecular weight is 446 g/mol. The predicted octanol–water partition coefficient (Wildman–Crippen LogP) is 3.90. The molecule has 1 aliphatic carbocycles. The van der Waals surface area contributed by atoms with Crippen molar-refractivity contribution in [3.63, 3.8) is 0 Å². The minimum atomic E-state index is -3.72. The molecule has 29 heavy (non-hydrogen) atoms. The van der Waals surface area contributed by atoms with Crippen molar-refractivity contribution in [2.75, 3.05) is 19.6 Å². The average Bonchev–Trinajstić information content (AvgIpc) is 2.71. The van der Waals surface area contributed by atoms with Crippen LogP contribution in [-0.2, 0) is 10.0 Å². The van der Waals surface area contributed by atoms with E-state index in [9.17, 15) is 17.6 Å². The van der Waals surface area contributed by atoms with Gasteiger partial charge in [0.2, 0.25) is 10.0 Å². The zero-order valence-corrected chi connectivity index (χ0v) is 18.1. The lowest BCUT2D eigenvalue weighted by atomic mass is 9.93. The number of amides is 2. The highest BCUT2D eigenvalue weighted by Gasteiger charge is 2.25. The van der Waals surface area contributed by atoms with Crippen LogP contribution < -0.4 is 10.0 Å². The first-order chi connectivity index (χ1) is 13.8. The van der Waals surface area contributed by atoms with Crippen LogP contribution >= 0.6 is 11.6 Å². The van der Waals surface area contributed by atoms with Crippen LogP contribution in [0.2, 0.25) is 5.02 Å². The number of hydrogen-bond donors (Lipinski definition) is 2. The highest BCUT2D eigenvalue weighted by molar-refractivity contribution is 7.89. The molecule has 0 aromatic heterocycles. The quantitative estimate of drug-likeness (QED) is 0.696. The number of likely N-dealkylation sites (tertiary alicyclic amines) is 1. The Hall–Kier alpha value is -1.38. The fraction of sp³-hybridized carbons (Fsp3) is 0.650. The minimum absolute atomic E-state index is 0.0317. The number of rotatable bonds is 6. The molecule has 0 bridgehead atoms. The first-order valence-corrected chi connectivity index (χ1v) is 12.2. The largest absolute Gasteiger partial charge is 0.335 e. The maximum absolute atomic E-state index is 13.2.